The lowest BCUT2D eigenvalue weighted by Gasteiger charge is -2.07. The van der Waals surface area contributed by atoms with E-state index in [4.69, 9.17) is 9.47 Å². The summed E-state index contributed by atoms with van der Waals surface area (Å²) in [6.45, 7) is 8.10. The summed E-state index contributed by atoms with van der Waals surface area (Å²) >= 11 is 1.56. The number of carbonyl (C=O) groups is 1. The number of benzene rings is 2. The maximum atomic E-state index is 12.6. The maximum absolute atomic E-state index is 12.6. The fourth-order valence-electron chi connectivity index (χ4n) is 3.18. The van der Waals surface area contributed by atoms with E-state index in [2.05, 4.69) is 35.5 Å². The van der Waals surface area contributed by atoms with E-state index in [-0.39, 0.29) is 12.3 Å². The summed E-state index contributed by atoms with van der Waals surface area (Å²) in [5.74, 6) is 0.619. The Kier molecular flexibility index (Phi) is 6.65. The van der Waals surface area contributed by atoms with Crippen LogP contribution in [0.2, 0.25) is 0 Å². The van der Waals surface area contributed by atoms with Crippen LogP contribution < -0.4 is 9.54 Å². The second-order valence-corrected chi connectivity index (χ2v) is 7.67. The number of hydrogen-bond donors (Lipinski definition) is 0. The van der Waals surface area contributed by atoms with E-state index < -0.39 is 0 Å². The van der Waals surface area contributed by atoms with Gasteiger partial charge in [0.05, 0.1) is 30.4 Å². The lowest BCUT2D eigenvalue weighted by atomic mass is 10.1. The number of methoxy groups -OCH3 is 1. The highest BCUT2D eigenvalue weighted by Crippen LogP contribution is 2.23. The average molecular weight is 399 g/mol. The van der Waals surface area contributed by atoms with Gasteiger partial charge in [-0.1, -0.05) is 29.5 Å². The van der Waals surface area contributed by atoms with E-state index in [0.717, 1.165) is 26.3 Å². The number of aryl methyl sites for hydroxylation is 2. The smallest absolute Gasteiger partial charge is 0.252 e. The fraction of sp³-hybridized carbons (Fsp3) is 0.364. The Morgan fingerprint density at radius 1 is 1.18 bits per heavy atom. The zero-order valence-electron chi connectivity index (χ0n) is 16.8. The summed E-state index contributed by atoms with van der Waals surface area (Å²) in [7, 11) is 1.63. The summed E-state index contributed by atoms with van der Waals surface area (Å²) in [6.07, 6.45) is 0.266. The molecule has 0 saturated heterocycles. The summed E-state index contributed by atoms with van der Waals surface area (Å²) in [5.41, 5.74) is 4.43. The minimum Gasteiger partial charge on any atom is -0.497 e. The molecule has 3 rings (SSSR count). The molecule has 2 aromatic carbocycles. The molecule has 0 spiro atoms. The first-order chi connectivity index (χ1) is 13.5. The quantitative estimate of drug-likeness (QED) is 0.565. The molecule has 6 heteroatoms. The number of rotatable bonds is 7. The Morgan fingerprint density at radius 3 is 2.61 bits per heavy atom. The van der Waals surface area contributed by atoms with Gasteiger partial charge >= 0.3 is 0 Å². The number of carbonyl (C=O) groups excluding carboxylic acids is 1. The summed E-state index contributed by atoms with van der Waals surface area (Å²) in [4.78, 5) is 17.8. The minimum absolute atomic E-state index is 0.156. The molecule has 1 aromatic heterocycles. The summed E-state index contributed by atoms with van der Waals surface area (Å²) in [5, 5.41) is 0. The van der Waals surface area contributed by atoms with E-state index in [1.54, 1.807) is 18.4 Å². The Labute approximate surface area is 169 Å². The highest BCUT2D eigenvalue weighted by atomic mass is 32.1. The van der Waals surface area contributed by atoms with E-state index in [0.29, 0.717) is 19.8 Å². The highest BCUT2D eigenvalue weighted by molar-refractivity contribution is 7.16. The maximum Gasteiger partial charge on any atom is 0.252 e. The number of fused-ring (bicyclic) bond motifs is 1. The fourth-order valence-corrected chi connectivity index (χ4v) is 4.30. The van der Waals surface area contributed by atoms with Crippen LogP contribution in [0, 0.1) is 13.8 Å². The third-order valence-corrected chi connectivity index (χ3v) is 5.74. The first-order valence-corrected chi connectivity index (χ1v) is 10.2. The predicted octanol–water partition coefficient (Wildman–Crippen LogP) is 4.03. The van der Waals surface area contributed by atoms with Crippen LogP contribution >= 0.6 is 11.3 Å². The predicted molar refractivity (Wildman–Crippen MR) is 113 cm³/mol. The highest BCUT2D eigenvalue weighted by Gasteiger charge is 2.11. The van der Waals surface area contributed by atoms with Crippen molar-refractivity contribution < 1.29 is 14.3 Å². The minimum atomic E-state index is -0.156. The van der Waals surface area contributed by atoms with Gasteiger partial charge in [-0.15, -0.1) is 0 Å². The van der Waals surface area contributed by atoms with Gasteiger partial charge in [-0.2, -0.15) is 4.99 Å². The Morgan fingerprint density at radius 2 is 1.93 bits per heavy atom. The molecule has 1 heterocycles. The number of thiazole rings is 1. The molecule has 0 aliphatic heterocycles. The van der Waals surface area contributed by atoms with Gasteiger partial charge in [0.1, 0.15) is 5.75 Å². The Hall–Kier alpha value is -2.44. The molecule has 0 unspecified atom stereocenters. The topological polar surface area (TPSA) is 52.8 Å². The number of aromatic nitrogens is 1. The first kappa shape index (κ1) is 20.3. The zero-order valence-corrected chi connectivity index (χ0v) is 17.6. The molecule has 0 bridgehead atoms. The number of nitrogens with zero attached hydrogens (tertiary/aromatic N) is 2. The lowest BCUT2D eigenvalue weighted by molar-refractivity contribution is -0.117. The van der Waals surface area contributed by atoms with Crippen molar-refractivity contribution in [1.82, 2.24) is 4.57 Å². The number of ether oxygens (including phenoxy) is 2. The third-order valence-electron chi connectivity index (χ3n) is 4.51. The standard InChI is InChI=1S/C22H26N2O3S/c1-5-27-11-10-24-19-13-15(2)12-16(3)21(19)28-22(24)23-20(25)14-17-6-8-18(26-4)9-7-17/h6-9,12-13H,5,10-11,14H2,1-4H3. The lowest BCUT2D eigenvalue weighted by Crippen LogP contribution is -2.20. The van der Waals surface area contributed by atoms with Crippen molar-refractivity contribution >= 4 is 27.5 Å². The second-order valence-electron chi connectivity index (χ2n) is 6.69. The summed E-state index contributed by atoms with van der Waals surface area (Å²) in [6, 6.07) is 11.8. The number of amides is 1. The van der Waals surface area contributed by atoms with Crippen molar-refractivity contribution in [2.24, 2.45) is 4.99 Å². The second kappa shape index (κ2) is 9.17. The molecule has 1 amide bonds. The van der Waals surface area contributed by atoms with Crippen molar-refractivity contribution in [3.8, 4) is 5.75 Å². The van der Waals surface area contributed by atoms with Crippen LogP contribution in [0.25, 0.3) is 10.2 Å². The largest absolute Gasteiger partial charge is 0.497 e. The van der Waals surface area contributed by atoms with Crippen molar-refractivity contribution in [3.05, 3.63) is 57.9 Å². The van der Waals surface area contributed by atoms with Gasteiger partial charge in [0.15, 0.2) is 4.80 Å². The van der Waals surface area contributed by atoms with Crippen LogP contribution in [0.3, 0.4) is 0 Å². The molecule has 0 atom stereocenters. The molecule has 5 nitrogen and oxygen atoms in total. The average Bonchev–Trinajstić information content (AvgIpc) is 3.00. The summed E-state index contributed by atoms with van der Waals surface area (Å²) < 4.78 is 14.0. The van der Waals surface area contributed by atoms with Crippen molar-refractivity contribution in [2.45, 2.75) is 33.7 Å². The molecule has 0 saturated carbocycles. The van der Waals surface area contributed by atoms with Gasteiger partial charge < -0.3 is 14.0 Å². The molecular formula is C22H26N2O3S. The van der Waals surface area contributed by atoms with Gasteiger partial charge in [-0.25, -0.2) is 0 Å². The number of hydrogen-bond acceptors (Lipinski definition) is 4. The Bertz CT molecular complexity index is 1030. The van der Waals surface area contributed by atoms with E-state index in [9.17, 15) is 4.79 Å². The molecular weight excluding hydrogens is 372 g/mol. The van der Waals surface area contributed by atoms with Gasteiger partial charge in [0, 0.05) is 13.2 Å². The van der Waals surface area contributed by atoms with Crippen LogP contribution in [0.4, 0.5) is 0 Å². The van der Waals surface area contributed by atoms with Gasteiger partial charge in [0.25, 0.3) is 5.91 Å². The third kappa shape index (κ3) is 4.69. The van der Waals surface area contributed by atoms with E-state index in [1.165, 1.54) is 11.1 Å². The van der Waals surface area contributed by atoms with Crippen LogP contribution in [-0.4, -0.2) is 30.8 Å². The Balaban J connectivity index is 1.95. The molecule has 148 valence electrons. The van der Waals surface area contributed by atoms with E-state index in [1.807, 2.05) is 31.2 Å². The van der Waals surface area contributed by atoms with Gasteiger partial charge in [0.2, 0.25) is 0 Å². The molecule has 0 aliphatic rings. The molecule has 0 aliphatic carbocycles. The van der Waals surface area contributed by atoms with Crippen molar-refractivity contribution in [2.75, 3.05) is 20.3 Å². The SMILES string of the molecule is CCOCCn1c(=NC(=O)Cc2ccc(OC)cc2)sc2c(C)cc(C)cc21. The monoisotopic (exact) mass is 398 g/mol. The van der Waals surface area contributed by atoms with Crippen molar-refractivity contribution in [3.63, 3.8) is 0 Å². The van der Waals surface area contributed by atoms with Crippen molar-refractivity contribution in [1.29, 1.82) is 0 Å². The van der Waals surface area contributed by atoms with Gasteiger partial charge in [-0.3, -0.25) is 4.79 Å². The van der Waals surface area contributed by atoms with Crippen LogP contribution in [-0.2, 0) is 22.5 Å². The van der Waals surface area contributed by atoms with Crippen LogP contribution in [0.1, 0.15) is 23.6 Å². The molecule has 0 N–H and O–H groups in total. The molecule has 0 radical (unpaired) electrons. The first-order valence-electron chi connectivity index (χ1n) is 9.40. The zero-order chi connectivity index (χ0) is 20.1. The van der Waals surface area contributed by atoms with E-state index >= 15 is 0 Å². The molecule has 3 aromatic rings. The van der Waals surface area contributed by atoms with Gasteiger partial charge in [-0.05, 0) is 55.7 Å². The van der Waals surface area contributed by atoms with Crippen LogP contribution in [0.15, 0.2) is 41.4 Å². The molecule has 28 heavy (non-hydrogen) atoms. The molecule has 0 fully saturated rings. The normalized spacial score (nSPS) is 11.9. The van der Waals surface area contributed by atoms with Crippen LogP contribution in [0.5, 0.6) is 5.75 Å².